The summed E-state index contributed by atoms with van der Waals surface area (Å²) in [6, 6.07) is 44.6. The fourth-order valence-electron chi connectivity index (χ4n) is 6.12. The molecule has 0 unspecified atom stereocenters. The fraction of sp³-hybridized carbons (Fsp3) is 0.167. The number of ether oxygens (including phenoxy) is 2. The highest BCUT2D eigenvalue weighted by Gasteiger charge is 2.17. The Bertz CT molecular complexity index is 2030. The smallest absolute Gasteiger partial charge is 0.127 e. The van der Waals surface area contributed by atoms with Crippen LogP contribution in [0.2, 0.25) is 0 Å². The van der Waals surface area contributed by atoms with Crippen molar-refractivity contribution in [1.82, 2.24) is 0 Å². The second-order valence-corrected chi connectivity index (χ2v) is 12.7. The van der Waals surface area contributed by atoms with Gasteiger partial charge in [0.2, 0.25) is 0 Å². The highest BCUT2D eigenvalue weighted by Crippen LogP contribution is 2.44. The van der Waals surface area contributed by atoms with Crippen LogP contribution in [-0.2, 0) is 12.8 Å². The Morgan fingerprint density at radius 2 is 0.960 bits per heavy atom. The van der Waals surface area contributed by atoms with Gasteiger partial charge in [-0.15, -0.1) is 0 Å². The molecule has 0 aliphatic rings. The predicted octanol–water partition coefficient (Wildman–Crippen LogP) is 12.7. The van der Waals surface area contributed by atoms with Crippen molar-refractivity contribution in [3.8, 4) is 11.5 Å². The van der Waals surface area contributed by atoms with Gasteiger partial charge in [-0.1, -0.05) is 146 Å². The molecule has 0 N–H and O–H groups in total. The van der Waals surface area contributed by atoms with Gasteiger partial charge in [-0.2, -0.15) is 0 Å². The largest absolute Gasteiger partial charge is 0.493 e. The van der Waals surface area contributed by atoms with Gasteiger partial charge in [-0.05, 0) is 85.0 Å². The van der Waals surface area contributed by atoms with E-state index in [0.717, 1.165) is 29.9 Å². The number of hydrogen-bond acceptors (Lipinski definition) is 2. The zero-order valence-electron chi connectivity index (χ0n) is 29.9. The molecule has 0 spiro atoms. The van der Waals surface area contributed by atoms with Crippen LogP contribution in [0.15, 0.2) is 164 Å². The Kier molecular flexibility index (Phi) is 12.6. The summed E-state index contributed by atoms with van der Waals surface area (Å²) in [6.45, 7) is 16.9. The first-order valence-electron chi connectivity index (χ1n) is 17.4. The van der Waals surface area contributed by atoms with Gasteiger partial charge in [0, 0.05) is 34.4 Å². The molecule has 7 aromatic carbocycles. The standard InChI is InChI=1S/C34H30O2.C7H8.C7H10/c1-23-21-31(35-19-17-25-9-5-3-6-10-25)29-16-14-28-24(2)22-32(30-15-13-27(23)33(29)34(28)30)36-20-18-26-11-7-4-8-12-26;1-7-5-3-2-4-6-7;1-4-5-6-7(2)3/h3-16,21-22H,17-20H2,1-2H3;2-6H,1H3;4-6H,1-2H2,3H3/b;;6-5-. The maximum absolute atomic E-state index is 6.39. The van der Waals surface area contributed by atoms with Crippen molar-refractivity contribution in [2.24, 2.45) is 0 Å². The van der Waals surface area contributed by atoms with Gasteiger partial charge in [0.05, 0.1) is 13.2 Å². The molecule has 0 radical (unpaired) electrons. The first kappa shape index (κ1) is 35.7. The minimum Gasteiger partial charge on any atom is -0.493 e. The molecule has 0 aromatic heterocycles. The van der Waals surface area contributed by atoms with Crippen LogP contribution in [0.5, 0.6) is 11.5 Å². The third-order valence-electron chi connectivity index (χ3n) is 8.68. The van der Waals surface area contributed by atoms with Crippen molar-refractivity contribution in [3.05, 3.63) is 192 Å². The van der Waals surface area contributed by atoms with Crippen molar-refractivity contribution in [2.75, 3.05) is 13.2 Å². The van der Waals surface area contributed by atoms with Gasteiger partial charge in [-0.25, -0.2) is 0 Å². The summed E-state index contributed by atoms with van der Waals surface area (Å²) >= 11 is 0. The summed E-state index contributed by atoms with van der Waals surface area (Å²) in [5.74, 6) is 1.91. The summed E-state index contributed by atoms with van der Waals surface area (Å²) in [7, 11) is 0. The molecule has 0 saturated carbocycles. The molecule has 0 amide bonds. The molecule has 0 heterocycles. The molecule has 0 aliphatic carbocycles. The topological polar surface area (TPSA) is 18.5 Å². The van der Waals surface area contributed by atoms with Crippen LogP contribution in [0.25, 0.3) is 32.3 Å². The number of allylic oxidation sites excluding steroid dienone is 4. The number of aryl methyl sites for hydroxylation is 3. The second-order valence-electron chi connectivity index (χ2n) is 12.7. The summed E-state index contributed by atoms with van der Waals surface area (Å²) in [6.07, 6.45) is 7.28. The van der Waals surface area contributed by atoms with Crippen molar-refractivity contribution in [2.45, 2.75) is 40.5 Å². The van der Waals surface area contributed by atoms with Gasteiger partial charge < -0.3 is 9.47 Å². The number of rotatable bonds is 10. The lowest BCUT2D eigenvalue weighted by Gasteiger charge is -2.19. The molecule has 7 rings (SSSR count). The Morgan fingerprint density at radius 3 is 1.30 bits per heavy atom. The van der Waals surface area contributed by atoms with E-state index in [1.165, 1.54) is 60.1 Å². The van der Waals surface area contributed by atoms with Crippen molar-refractivity contribution in [1.29, 1.82) is 0 Å². The highest BCUT2D eigenvalue weighted by atomic mass is 16.5. The zero-order chi connectivity index (χ0) is 35.3. The number of hydrogen-bond donors (Lipinski definition) is 0. The quantitative estimate of drug-likeness (QED) is 0.108. The molecule has 2 heteroatoms. The summed E-state index contributed by atoms with van der Waals surface area (Å²) in [5.41, 5.74) is 7.43. The SMILES string of the molecule is C=C/C=C\C(=C)C.Cc1cc(OCCc2ccccc2)c2ccc3c(C)cc(OCCc4ccccc4)c4ccc1c2c34.Cc1ccccc1. The van der Waals surface area contributed by atoms with Gasteiger partial charge in [0.15, 0.2) is 0 Å². The Labute approximate surface area is 298 Å². The molecule has 7 aromatic rings. The third kappa shape index (κ3) is 9.30. The predicted molar refractivity (Wildman–Crippen MR) is 216 cm³/mol. The monoisotopic (exact) mass is 656 g/mol. The van der Waals surface area contributed by atoms with E-state index in [4.69, 9.17) is 9.47 Å². The Hall–Kier alpha value is -5.60. The molecule has 252 valence electrons. The maximum atomic E-state index is 6.39. The molecule has 0 atom stereocenters. The third-order valence-corrected chi connectivity index (χ3v) is 8.68. The normalized spacial score (nSPS) is 10.8. The van der Waals surface area contributed by atoms with E-state index in [1.807, 2.05) is 37.3 Å². The average Bonchev–Trinajstić information content (AvgIpc) is 3.13. The molecule has 50 heavy (non-hydrogen) atoms. The average molecular weight is 657 g/mol. The van der Waals surface area contributed by atoms with Crippen LogP contribution in [0.4, 0.5) is 0 Å². The fourth-order valence-corrected chi connectivity index (χ4v) is 6.12. The van der Waals surface area contributed by atoms with Crippen LogP contribution in [-0.4, -0.2) is 13.2 Å². The van der Waals surface area contributed by atoms with E-state index in [9.17, 15) is 0 Å². The number of benzene rings is 7. The molecule has 2 nitrogen and oxygen atoms in total. The van der Waals surface area contributed by atoms with Gasteiger partial charge in [0.1, 0.15) is 11.5 Å². The van der Waals surface area contributed by atoms with Crippen LogP contribution >= 0.6 is 0 Å². The van der Waals surface area contributed by atoms with Crippen LogP contribution in [0.3, 0.4) is 0 Å². The van der Waals surface area contributed by atoms with Crippen LogP contribution in [0, 0.1) is 20.8 Å². The lowest BCUT2D eigenvalue weighted by atomic mass is 9.89. The second kappa shape index (κ2) is 17.7. The molecule has 0 fully saturated rings. The van der Waals surface area contributed by atoms with Gasteiger partial charge in [0.25, 0.3) is 0 Å². The van der Waals surface area contributed by atoms with E-state index in [0.29, 0.717) is 13.2 Å². The summed E-state index contributed by atoms with van der Waals surface area (Å²) in [5, 5.41) is 7.44. The Balaban J connectivity index is 0.000000291. The minimum atomic E-state index is 0.653. The van der Waals surface area contributed by atoms with Gasteiger partial charge >= 0.3 is 0 Å². The highest BCUT2D eigenvalue weighted by molar-refractivity contribution is 6.26. The van der Waals surface area contributed by atoms with E-state index >= 15 is 0 Å². The van der Waals surface area contributed by atoms with Gasteiger partial charge in [-0.3, -0.25) is 0 Å². The zero-order valence-corrected chi connectivity index (χ0v) is 29.9. The lowest BCUT2D eigenvalue weighted by molar-refractivity contribution is 0.325. The molecule has 0 aliphatic heterocycles. The van der Waals surface area contributed by atoms with E-state index in [1.54, 1.807) is 6.08 Å². The first-order chi connectivity index (χ1) is 24.4. The van der Waals surface area contributed by atoms with E-state index < -0.39 is 0 Å². The lowest BCUT2D eigenvalue weighted by Crippen LogP contribution is -2.03. The summed E-state index contributed by atoms with van der Waals surface area (Å²) < 4.78 is 12.8. The Morgan fingerprint density at radius 1 is 0.560 bits per heavy atom. The molecule has 0 saturated heterocycles. The maximum Gasteiger partial charge on any atom is 0.127 e. The minimum absolute atomic E-state index is 0.653. The van der Waals surface area contributed by atoms with Crippen molar-refractivity contribution >= 4 is 32.3 Å². The van der Waals surface area contributed by atoms with Crippen LogP contribution in [0.1, 0.15) is 34.7 Å². The molecule has 0 bridgehead atoms. The molecular weight excluding hydrogens is 609 g/mol. The van der Waals surface area contributed by atoms with E-state index in [-0.39, 0.29) is 0 Å². The van der Waals surface area contributed by atoms with Crippen LogP contribution < -0.4 is 9.47 Å². The first-order valence-corrected chi connectivity index (χ1v) is 17.4. The van der Waals surface area contributed by atoms with E-state index in [2.05, 4.69) is 143 Å². The molecular formula is C48H48O2. The van der Waals surface area contributed by atoms with Crippen molar-refractivity contribution in [3.63, 3.8) is 0 Å². The summed E-state index contributed by atoms with van der Waals surface area (Å²) in [4.78, 5) is 0. The van der Waals surface area contributed by atoms with Crippen molar-refractivity contribution < 1.29 is 9.47 Å².